The third kappa shape index (κ3) is 6.22. The van der Waals surface area contributed by atoms with Gasteiger partial charge in [0, 0.05) is 44.9 Å². The summed E-state index contributed by atoms with van der Waals surface area (Å²) in [6.45, 7) is -0.108. The molecular weight excluding hydrogens is 896 g/mol. The zero-order valence-corrected chi connectivity index (χ0v) is 40.2. The molecule has 342 valence electrons. The van der Waals surface area contributed by atoms with Gasteiger partial charge >= 0.3 is 0 Å². The van der Waals surface area contributed by atoms with Gasteiger partial charge in [0.2, 0.25) is 0 Å². The van der Waals surface area contributed by atoms with Crippen molar-refractivity contribution in [1.29, 1.82) is 0 Å². The van der Waals surface area contributed by atoms with Crippen molar-refractivity contribution in [2.75, 3.05) is 9.80 Å². The lowest BCUT2D eigenvalue weighted by Crippen LogP contribution is -2.61. The van der Waals surface area contributed by atoms with Crippen LogP contribution in [-0.4, -0.2) is 6.71 Å². The maximum Gasteiger partial charge on any atom is 0.252 e. The Kier molecular flexibility index (Phi) is 8.83. The molecule has 14 aromatic rings. The third-order valence-corrected chi connectivity index (χ3v) is 16.0. The van der Waals surface area contributed by atoms with Gasteiger partial charge in [0.25, 0.3) is 6.71 Å². The van der Waals surface area contributed by atoms with Gasteiger partial charge in [0.15, 0.2) is 0 Å². The summed E-state index contributed by atoms with van der Waals surface area (Å²) < 4.78 is 6.60. The Labute approximate surface area is 428 Å². The number of nitrogens with zero attached hydrogens (tertiary/aromatic N) is 2. The molecule has 1 aromatic heterocycles. The van der Waals surface area contributed by atoms with E-state index in [0.29, 0.717) is 0 Å². The molecule has 74 heavy (non-hydrogen) atoms. The van der Waals surface area contributed by atoms with Gasteiger partial charge in [-0.15, -0.1) is 0 Å². The molecule has 0 fully saturated rings. The molecule has 0 bridgehead atoms. The van der Waals surface area contributed by atoms with Gasteiger partial charge in [-0.25, -0.2) is 0 Å². The first-order valence-electron chi connectivity index (χ1n) is 25.6. The van der Waals surface area contributed by atoms with Crippen molar-refractivity contribution in [3.8, 4) is 33.4 Å². The molecule has 3 heterocycles. The standard InChI is InChI=1S/C70H43BN2O/c1-3-13-44(14-4-1)46-27-32-54(33-28-46)72-64-37-51-25-23-48-17-7-9-19-56(48)60(51)42-62(64)71-63-43-61-52(26-24-49-18-8-10-20-57(49)61)38-65(63)73(55-34-29-47(30-35-55)45-15-5-2-6-16-45)67-40-53(39-66(72)70(67)71)50-31-36-59-58-21-11-12-22-68(58)74-69(59)41-50/h1-43H. The van der Waals surface area contributed by atoms with E-state index >= 15 is 0 Å². The quantitative estimate of drug-likeness (QED) is 0.127. The first kappa shape index (κ1) is 41.0. The lowest BCUT2D eigenvalue weighted by atomic mass is 9.33. The summed E-state index contributed by atoms with van der Waals surface area (Å²) in [4.78, 5) is 5.10. The highest BCUT2D eigenvalue weighted by atomic mass is 16.3. The highest BCUT2D eigenvalue weighted by Gasteiger charge is 2.44. The molecule has 0 unspecified atom stereocenters. The van der Waals surface area contributed by atoms with Crippen molar-refractivity contribution in [3.05, 3.63) is 261 Å². The number of furan rings is 1. The van der Waals surface area contributed by atoms with Crippen molar-refractivity contribution in [1.82, 2.24) is 0 Å². The minimum Gasteiger partial charge on any atom is -0.456 e. The Bertz CT molecular complexity index is 4370. The molecular formula is C70H43BN2O. The van der Waals surface area contributed by atoms with Crippen molar-refractivity contribution < 1.29 is 4.42 Å². The summed E-state index contributed by atoms with van der Waals surface area (Å²) in [7, 11) is 0. The predicted molar refractivity (Wildman–Crippen MR) is 314 cm³/mol. The molecule has 0 amide bonds. The summed E-state index contributed by atoms with van der Waals surface area (Å²) in [6.07, 6.45) is 0. The van der Waals surface area contributed by atoms with Crippen molar-refractivity contribution >= 4 is 122 Å². The van der Waals surface area contributed by atoms with E-state index in [4.69, 9.17) is 4.42 Å². The topological polar surface area (TPSA) is 19.6 Å². The SMILES string of the molecule is c1ccc(-c2ccc(N3c4cc5ccc6ccccc6c5cc4B4c5cc6c(ccc7ccccc76)cc5N(c5ccc(-c6ccccc6)cc5)c5cc(-c6ccc7c(c6)oc6ccccc67)cc3c54)cc2)cc1. The third-order valence-electron chi connectivity index (χ3n) is 16.0. The van der Waals surface area contributed by atoms with Crippen LogP contribution in [0.2, 0.25) is 0 Å². The second-order valence-electron chi connectivity index (χ2n) is 20.0. The Morgan fingerprint density at radius 3 is 1.23 bits per heavy atom. The monoisotopic (exact) mass is 938 g/mol. The second kappa shape index (κ2) is 15.9. The van der Waals surface area contributed by atoms with Gasteiger partial charge in [-0.1, -0.05) is 194 Å². The molecule has 0 atom stereocenters. The lowest BCUT2D eigenvalue weighted by Gasteiger charge is -2.45. The van der Waals surface area contributed by atoms with Crippen LogP contribution in [0.25, 0.3) is 98.4 Å². The minimum absolute atomic E-state index is 0.108. The molecule has 3 nitrogen and oxygen atoms in total. The number of fused-ring (bicyclic) bond motifs is 13. The smallest absolute Gasteiger partial charge is 0.252 e. The van der Waals surface area contributed by atoms with Gasteiger partial charge in [-0.05, 0) is 160 Å². The number of anilines is 6. The van der Waals surface area contributed by atoms with E-state index in [-0.39, 0.29) is 6.71 Å². The number of hydrogen-bond donors (Lipinski definition) is 0. The van der Waals surface area contributed by atoms with Crippen LogP contribution in [0.4, 0.5) is 34.1 Å². The van der Waals surface area contributed by atoms with Gasteiger partial charge in [-0.3, -0.25) is 0 Å². The van der Waals surface area contributed by atoms with E-state index in [1.807, 2.05) is 6.07 Å². The lowest BCUT2D eigenvalue weighted by molar-refractivity contribution is 0.669. The summed E-state index contributed by atoms with van der Waals surface area (Å²) in [5.41, 5.74) is 19.5. The van der Waals surface area contributed by atoms with Crippen LogP contribution in [0.5, 0.6) is 0 Å². The van der Waals surface area contributed by atoms with Gasteiger partial charge < -0.3 is 14.2 Å². The van der Waals surface area contributed by atoms with Crippen molar-refractivity contribution in [2.45, 2.75) is 0 Å². The Morgan fingerprint density at radius 1 is 0.257 bits per heavy atom. The molecule has 4 heteroatoms. The number of hydrogen-bond acceptors (Lipinski definition) is 3. The summed E-state index contributed by atoms with van der Waals surface area (Å²) in [5, 5.41) is 12.2. The van der Waals surface area contributed by atoms with Crippen LogP contribution in [0.1, 0.15) is 0 Å². The highest BCUT2D eigenvalue weighted by Crippen LogP contribution is 2.49. The minimum atomic E-state index is -0.108. The summed E-state index contributed by atoms with van der Waals surface area (Å²) in [6, 6.07) is 96.6. The first-order chi connectivity index (χ1) is 36.7. The van der Waals surface area contributed by atoms with E-state index in [2.05, 4.69) is 265 Å². The fourth-order valence-electron chi connectivity index (χ4n) is 12.5. The van der Waals surface area contributed by atoms with Crippen LogP contribution in [-0.2, 0) is 0 Å². The maximum atomic E-state index is 6.60. The van der Waals surface area contributed by atoms with Gasteiger partial charge in [0.05, 0.1) is 0 Å². The van der Waals surface area contributed by atoms with Crippen LogP contribution < -0.4 is 26.2 Å². The molecule has 0 aliphatic carbocycles. The zero-order chi connectivity index (χ0) is 48.4. The van der Waals surface area contributed by atoms with Crippen LogP contribution in [0, 0.1) is 0 Å². The molecule has 0 saturated heterocycles. The number of rotatable bonds is 5. The zero-order valence-electron chi connectivity index (χ0n) is 40.2. The predicted octanol–water partition coefficient (Wildman–Crippen LogP) is 17.3. The maximum absolute atomic E-state index is 6.60. The van der Waals surface area contributed by atoms with Gasteiger partial charge in [0.1, 0.15) is 11.2 Å². The van der Waals surface area contributed by atoms with E-state index in [1.54, 1.807) is 0 Å². The molecule has 0 radical (unpaired) electrons. The fraction of sp³-hybridized carbons (Fsp3) is 0. The van der Waals surface area contributed by atoms with E-state index < -0.39 is 0 Å². The fourth-order valence-corrected chi connectivity index (χ4v) is 12.5. The highest BCUT2D eigenvalue weighted by molar-refractivity contribution is 7.00. The van der Waals surface area contributed by atoms with Gasteiger partial charge in [-0.2, -0.15) is 0 Å². The molecule has 0 saturated carbocycles. The normalized spacial score (nSPS) is 12.8. The Morgan fingerprint density at radius 2 is 0.689 bits per heavy atom. The van der Waals surface area contributed by atoms with Crippen molar-refractivity contribution in [2.24, 2.45) is 0 Å². The van der Waals surface area contributed by atoms with E-state index in [9.17, 15) is 0 Å². The number of benzene rings is 13. The Hall–Kier alpha value is -9.64. The summed E-state index contributed by atoms with van der Waals surface area (Å²) in [5.74, 6) is 0. The summed E-state index contributed by atoms with van der Waals surface area (Å²) >= 11 is 0. The molecule has 2 aliphatic heterocycles. The first-order valence-corrected chi connectivity index (χ1v) is 25.6. The molecule has 0 N–H and O–H groups in total. The molecule has 13 aromatic carbocycles. The van der Waals surface area contributed by atoms with Crippen LogP contribution in [0.15, 0.2) is 265 Å². The van der Waals surface area contributed by atoms with E-state index in [0.717, 1.165) is 55.8 Å². The van der Waals surface area contributed by atoms with Crippen LogP contribution in [0.3, 0.4) is 0 Å². The average molecular weight is 939 g/mol. The molecule has 16 rings (SSSR count). The second-order valence-corrected chi connectivity index (χ2v) is 20.0. The van der Waals surface area contributed by atoms with Crippen LogP contribution >= 0.6 is 0 Å². The molecule has 0 spiro atoms. The van der Waals surface area contributed by atoms with E-state index in [1.165, 1.54) is 93.1 Å². The average Bonchev–Trinajstić information content (AvgIpc) is 3.89. The number of para-hydroxylation sites is 1. The Balaban J connectivity index is 1.03. The molecule has 2 aliphatic rings. The van der Waals surface area contributed by atoms with Crippen molar-refractivity contribution in [3.63, 3.8) is 0 Å². The largest absolute Gasteiger partial charge is 0.456 e.